The molecule has 0 bridgehead atoms. The van der Waals surface area contributed by atoms with Gasteiger partial charge in [0.2, 0.25) is 5.91 Å². The Morgan fingerprint density at radius 1 is 1.60 bits per heavy atom. The summed E-state index contributed by atoms with van der Waals surface area (Å²) in [4.78, 5) is 12.5. The molecule has 0 atom stereocenters. The molecule has 0 aliphatic carbocycles. The van der Waals surface area contributed by atoms with Crippen LogP contribution in [0.5, 0.6) is 0 Å². The Balaban J connectivity index is 3.02. The van der Waals surface area contributed by atoms with Crippen molar-refractivity contribution < 1.29 is 4.79 Å². The minimum Gasteiger partial charge on any atom is -0.394 e. The molecule has 84 valence electrons. The number of nitrogen functional groups attached to an aromatic ring is 1. The second-order valence-electron chi connectivity index (χ2n) is 3.48. The molecular formula is C9H17N5O. The Morgan fingerprint density at radius 2 is 2.20 bits per heavy atom. The van der Waals surface area contributed by atoms with Crippen molar-refractivity contribution in [2.24, 2.45) is 12.8 Å². The summed E-state index contributed by atoms with van der Waals surface area (Å²) >= 11 is 0. The lowest BCUT2D eigenvalue weighted by Gasteiger charge is -2.17. The zero-order valence-electron chi connectivity index (χ0n) is 9.32. The number of nitrogens with zero attached hydrogens (tertiary/aromatic N) is 3. The number of carbonyl (C=O) groups is 1. The largest absolute Gasteiger partial charge is 0.394 e. The molecule has 0 spiro atoms. The topological polar surface area (TPSA) is 90.2 Å². The van der Waals surface area contributed by atoms with Crippen molar-refractivity contribution in [1.82, 2.24) is 9.78 Å². The molecule has 0 saturated heterocycles. The molecule has 0 saturated carbocycles. The lowest BCUT2D eigenvalue weighted by atomic mass is 10.3. The maximum Gasteiger partial charge on any atom is 0.236 e. The summed E-state index contributed by atoms with van der Waals surface area (Å²) in [5.41, 5.74) is 12.5. The number of amides is 1. The highest BCUT2D eigenvalue weighted by Crippen LogP contribution is 2.24. The van der Waals surface area contributed by atoms with Crippen LogP contribution in [0.4, 0.5) is 11.5 Å². The van der Waals surface area contributed by atoms with Crippen LogP contribution in [0.3, 0.4) is 0 Å². The fraction of sp³-hybridized carbons (Fsp3) is 0.556. The van der Waals surface area contributed by atoms with E-state index in [-0.39, 0.29) is 6.54 Å². The summed E-state index contributed by atoms with van der Waals surface area (Å²) in [5.74, 6) is 0.335. The third kappa shape index (κ3) is 2.20. The van der Waals surface area contributed by atoms with Crippen LogP contribution in [-0.4, -0.2) is 29.3 Å². The number of likely N-dealkylation sites (N-methyl/N-ethyl adjacent to an activating group) is 1. The van der Waals surface area contributed by atoms with Crippen molar-refractivity contribution in [3.63, 3.8) is 0 Å². The number of primary amides is 1. The zero-order chi connectivity index (χ0) is 11.6. The molecule has 0 radical (unpaired) electrons. The molecule has 1 aromatic rings. The average molecular weight is 211 g/mol. The van der Waals surface area contributed by atoms with E-state index >= 15 is 0 Å². The highest BCUT2D eigenvalue weighted by molar-refractivity contribution is 5.80. The van der Waals surface area contributed by atoms with Crippen molar-refractivity contribution in [3.8, 4) is 0 Å². The van der Waals surface area contributed by atoms with Crippen LogP contribution in [0.1, 0.15) is 12.6 Å². The van der Waals surface area contributed by atoms with Gasteiger partial charge in [-0.15, -0.1) is 0 Å². The Labute approximate surface area is 88.8 Å². The van der Waals surface area contributed by atoms with E-state index in [9.17, 15) is 4.79 Å². The van der Waals surface area contributed by atoms with Crippen molar-refractivity contribution in [1.29, 1.82) is 0 Å². The minimum atomic E-state index is -0.392. The van der Waals surface area contributed by atoms with Gasteiger partial charge in [-0.25, -0.2) is 0 Å². The van der Waals surface area contributed by atoms with Crippen LogP contribution in [0, 0.1) is 0 Å². The van der Waals surface area contributed by atoms with Gasteiger partial charge in [-0.2, -0.15) is 5.10 Å². The first-order chi connectivity index (χ1) is 6.97. The Bertz CT molecular complexity index is 371. The van der Waals surface area contributed by atoms with E-state index in [1.54, 1.807) is 23.7 Å². The molecule has 0 aliphatic rings. The van der Waals surface area contributed by atoms with E-state index < -0.39 is 5.91 Å². The third-order valence-electron chi connectivity index (χ3n) is 2.22. The molecule has 0 unspecified atom stereocenters. The number of nitrogens with two attached hydrogens (primary N) is 2. The summed E-state index contributed by atoms with van der Waals surface area (Å²) in [5, 5.41) is 4.25. The maximum absolute atomic E-state index is 10.8. The lowest BCUT2D eigenvalue weighted by Crippen LogP contribution is -2.32. The monoisotopic (exact) mass is 211 g/mol. The fourth-order valence-corrected chi connectivity index (χ4v) is 1.61. The predicted octanol–water partition coefficient (Wildman–Crippen LogP) is -0.514. The standard InChI is InChI=1S/C9H17N5O/c1-4-6-8(11)9(14(3)12-6)13(2)5-7(10)15/h4-5,11H2,1-3H3,(H2,10,15). The Morgan fingerprint density at radius 3 is 2.60 bits per heavy atom. The molecular weight excluding hydrogens is 194 g/mol. The van der Waals surface area contributed by atoms with Gasteiger partial charge in [0.15, 0.2) is 5.82 Å². The number of hydrogen-bond donors (Lipinski definition) is 2. The highest BCUT2D eigenvalue weighted by atomic mass is 16.1. The quantitative estimate of drug-likeness (QED) is 0.701. The van der Waals surface area contributed by atoms with Crippen LogP contribution < -0.4 is 16.4 Å². The van der Waals surface area contributed by atoms with E-state index in [0.29, 0.717) is 5.69 Å². The van der Waals surface area contributed by atoms with Crippen molar-refractivity contribution in [3.05, 3.63) is 5.69 Å². The summed E-state index contributed by atoms with van der Waals surface area (Å²) in [6, 6.07) is 0. The fourth-order valence-electron chi connectivity index (χ4n) is 1.61. The van der Waals surface area contributed by atoms with E-state index in [1.165, 1.54) is 0 Å². The van der Waals surface area contributed by atoms with Gasteiger partial charge in [-0.05, 0) is 6.42 Å². The molecule has 0 fully saturated rings. The normalized spacial score (nSPS) is 10.3. The number of carbonyl (C=O) groups excluding carboxylic acids is 1. The van der Waals surface area contributed by atoms with E-state index in [1.807, 2.05) is 6.92 Å². The van der Waals surface area contributed by atoms with Gasteiger partial charge >= 0.3 is 0 Å². The van der Waals surface area contributed by atoms with Gasteiger partial charge in [0, 0.05) is 14.1 Å². The molecule has 6 nitrogen and oxygen atoms in total. The molecule has 1 heterocycles. The average Bonchev–Trinajstić information content (AvgIpc) is 2.40. The third-order valence-corrected chi connectivity index (χ3v) is 2.22. The molecule has 6 heteroatoms. The highest BCUT2D eigenvalue weighted by Gasteiger charge is 2.16. The first kappa shape index (κ1) is 11.4. The van der Waals surface area contributed by atoms with E-state index in [2.05, 4.69) is 5.10 Å². The number of anilines is 2. The lowest BCUT2D eigenvalue weighted by molar-refractivity contribution is -0.116. The number of aryl methyl sites for hydroxylation is 2. The van der Waals surface area contributed by atoms with Crippen LogP contribution in [-0.2, 0) is 18.3 Å². The van der Waals surface area contributed by atoms with Crippen molar-refractivity contribution in [2.45, 2.75) is 13.3 Å². The molecule has 1 amide bonds. The van der Waals surface area contributed by atoms with Crippen LogP contribution in [0.15, 0.2) is 0 Å². The van der Waals surface area contributed by atoms with Gasteiger partial charge in [-0.3, -0.25) is 9.48 Å². The Hall–Kier alpha value is -1.72. The second-order valence-corrected chi connectivity index (χ2v) is 3.48. The molecule has 1 rings (SSSR count). The number of rotatable bonds is 4. The summed E-state index contributed by atoms with van der Waals surface area (Å²) in [7, 11) is 3.56. The smallest absolute Gasteiger partial charge is 0.236 e. The second kappa shape index (κ2) is 4.20. The molecule has 1 aromatic heterocycles. The molecule has 0 aliphatic heterocycles. The molecule has 15 heavy (non-hydrogen) atoms. The predicted molar refractivity (Wildman–Crippen MR) is 59.5 cm³/mol. The van der Waals surface area contributed by atoms with Gasteiger partial charge in [0.1, 0.15) is 0 Å². The van der Waals surface area contributed by atoms with Crippen LogP contribution in [0.25, 0.3) is 0 Å². The van der Waals surface area contributed by atoms with Crippen molar-refractivity contribution in [2.75, 3.05) is 24.2 Å². The first-order valence-corrected chi connectivity index (χ1v) is 4.78. The first-order valence-electron chi connectivity index (χ1n) is 4.78. The SMILES string of the molecule is CCc1nn(C)c(N(C)CC(N)=O)c1N. The van der Waals surface area contributed by atoms with E-state index in [4.69, 9.17) is 11.5 Å². The van der Waals surface area contributed by atoms with Gasteiger partial charge in [0.05, 0.1) is 17.9 Å². The summed E-state index contributed by atoms with van der Waals surface area (Å²) in [6.07, 6.45) is 0.768. The van der Waals surface area contributed by atoms with Gasteiger partial charge < -0.3 is 16.4 Å². The van der Waals surface area contributed by atoms with Crippen LogP contribution >= 0.6 is 0 Å². The van der Waals surface area contributed by atoms with Crippen molar-refractivity contribution >= 4 is 17.4 Å². The summed E-state index contributed by atoms with van der Waals surface area (Å²) in [6.45, 7) is 2.11. The Kier molecular flexibility index (Phi) is 3.18. The number of aromatic nitrogens is 2. The summed E-state index contributed by atoms with van der Waals surface area (Å²) < 4.78 is 1.66. The van der Waals surface area contributed by atoms with Gasteiger partial charge in [0.25, 0.3) is 0 Å². The molecule has 4 N–H and O–H groups in total. The van der Waals surface area contributed by atoms with Gasteiger partial charge in [-0.1, -0.05) is 6.92 Å². The van der Waals surface area contributed by atoms with E-state index in [0.717, 1.165) is 17.9 Å². The number of hydrogen-bond acceptors (Lipinski definition) is 4. The maximum atomic E-state index is 10.8. The minimum absolute atomic E-state index is 0.132. The molecule has 0 aromatic carbocycles. The van der Waals surface area contributed by atoms with Crippen LogP contribution in [0.2, 0.25) is 0 Å². The zero-order valence-corrected chi connectivity index (χ0v) is 9.32.